The minimum Gasteiger partial charge on any atom is -0.508 e. The molecule has 0 aliphatic carbocycles. The van der Waals surface area contributed by atoms with E-state index in [0.717, 1.165) is 10.5 Å². The van der Waals surface area contributed by atoms with Gasteiger partial charge in [0.1, 0.15) is 12.3 Å². The Morgan fingerprint density at radius 1 is 1.09 bits per heavy atom. The molecule has 0 aromatic heterocycles. The first kappa shape index (κ1) is 14.8. The molecule has 0 saturated heterocycles. The molecule has 0 bridgehead atoms. The lowest BCUT2D eigenvalue weighted by atomic mass is 10.1. The van der Waals surface area contributed by atoms with Crippen LogP contribution in [0.25, 0.3) is 0 Å². The summed E-state index contributed by atoms with van der Waals surface area (Å²) in [6.45, 7) is 1.45. The SMILES string of the molecule is Cc1ccc2c(c1)C(=O)N(CC(=O)Nc1cccc(O)c1)C2=O. The zero-order valence-electron chi connectivity index (χ0n) is 12.4. The second kappa shape index (κ2) is 5.57. The number of carbonyl (C=O) groups excluding carboxylic acids is 3. The molecule has 1 heterocycles. The Hall–Kier alpha value is -3.15. The van der Waals surface area contributed by atoms with E-state index in [4.69, 9.17) is 0 Å². The quantitative estimate of drug-likeness (QED) is 0.848. The van der Waals surface area contributed by atoms with E-state index in [0.29, 0.717) is 16.8 Å². The molecule has 0 fully saturated rings. The highest BCUT2D eigenvalue weighted by Gasteiger charge is 2.36. The van der Waals surface area contributed by atoms with Gasteiger partial charge in [-0.05, 0) is 31.2 Å². The van der Waals surface area contributed by atoms with Crippen molar-refractivity contribution in [3.63, 3.8) is 0 Å². The number of anilines is 1. The maximum Gasteiger partial charge on any atom is 0.262 e. The third-order valence-electron chi connectivity index (χ3n) is 3.56. The number of nitrogens with one attached hydrogen (secondary N) is 1. The van der Waals surface area contributed by atoms with Crippen LogP contribution in [0.3, 0.4) is 0 Å². The molecule has 0 radical (unpaired) electrons. The lowest BCUT2D eigenvalue weighted by Gasteiger charge is -2.13. The Bertz CT molecular complexity index is 829. The lowest BCUT2D eigenvalue weighted by Crippen LogP contribution is -2.37. The van der Waals surface area contributed by atoms with Gasteiger partial charge in [-0.2, -0.15) is 0 Å². The second-order valence-electron chi connectivity index (χ2n) is 5.34. The van der Waals surface area contributed by atoms with E-state index in [1.54, 1.807) is 30.3 Å². The van der Waals surface area contributed by atoms with Crippen molar-refractivity contribution in [1.82, 2.24) is 4.90 Å². The molecule has 2 N–H and O–H groups in total. The van der Waals surface area contributed by atoms with Crippen molar-refractivity contribution in [1.29, 1.82) is 0 Å². The number of aryl methyl sites for hydroxylation is 1. The number of fused-ring (bicyclic) bond motifs is 1. The van der Waals surface area contributed by atoms with Crippen LogP contribution in [0.4, 0.5) is 5.69 Å². The van der Waals surface area contributed by atoms with Crippen molar-refractivity contribution >= 4 is 23.4 Å². The Morgan fingerprint density at radius 3 is 2.57 bits per heavy atom. The van der Waals surface area contributed by atoms with Crippen molar-refractivity contribution in [3.05, 3.63) is 59.2 Å². The van der Waals surface area contributed by atoms with Crippen LogP contribution >= 0.6 is 0 Å². The number of phenols is 1. The summed E-state index contributed by atoms with van der Waals surface area (Å²) >= 11 is 0. The summed E-state index contributed by atoms with van der Waals surface area (Å²) in [7, 11) is 0. The van der Waals surface area contributed by atoms with Crippen molar-refractivity contribution in [2.75, 3.05) is 11.9 Å². The summed E-state index contributed by atoms with van der Waals surface area (Å²) in [6, 6.07) is 11.0. The van der Waals surface area contributed by atoms with Gasteiger partial charge in [0.05, 0.1) is 11.1 Å². The van der Waals surface area contributed by atoms with Gasteiger partial charge < -0.3 is 10.4 Å². The smallest absolute Gasteiger partial charge is 0.262 e. The van der Waals surface area contributed by atoms with Gasteiger partial charge in [0.25, 0.3) is 11.8 Å². The van der Waals surface area contributed by atoms with E-state index in [2.05, 4.69) is 5.32 Å². The van der Waals surface area contributed by atoms with Gasteiger partial charge in [0.15, 0.2) is 0 Å². The van der Waals surface area contributed by atoms with E-state index in [-0.39, 0.29) is 12.3 Å². The fraction of sp³-hybridized carbons (Fsp3) is 0.118. The first-order chi connectivity index (χ1) is 11.0. The second-order valence-corrected chi connectivity index (χ2v) is 5.34. The van der Waals surface area contributed by atoms with Gasteiger partial charge in [-0.15, -0.1) is 0 Å². The standard InChI is InChI=1S/C17H14N2O4/c1-10-5-6-13-14(7-10)17(23)19(16(13)22)9-15(21)18-11-3-2-4-12(20)8-11/h2-8,20H,9H2,1H3,(H,18,21). The fourth-order valence-corrected chi connectivity index (χ4v) is 2.48. The first-order valence-corrected chi connectivity index (χ1v) is 7.01. The summed E-state index contributed by atoms with van der Waals surface area (Å²) in [5.41, 5.74) is 1.89. The monoisotopic (exact) mass is 310 g/mol. The molecular formula is C17H14N2O4. The molecule has 0 saturated carbocycles. The normalized spacial score (nSPS) is 13.2. The molecule has 6 heteroatoms. The average Bonchev–Trinajstić information content (AvgIpc) is 2.72. The van der Waals surface area contributed by atoms with Crippen molar-refractivity contribution in [3.8, 4) is 5.75 Å². The number of hydrogen-bond acceptors (Lipinski definition) is 4. The van der Waals surface area contributed by atoms with Gasteiger partial charge in [-0.25, -0.2) is 0 Å². The molecule has 2 aromatic rings. The Labute approximate surface area is 132 Å². The minimum atomic E-state index is -0.512. The van der Waals surface area contributed by atoms with Crippen LogP contribution in [0, 0.1) is 6.92 Å². The average molecular weight is 310 g/mol. The lowest BCUT2D eigenvalue weighted by molar-refractivity contribution is -0.116. The van der Waals surface area contributed by atoms with Gasteiger partial charge >= 0.3 is 0 Å². The molecule has 3 amide bonds. The molecule has 6 nitrogen and oxygen atoms in total. The van der Waals surface area contributed by atoms with Crippen molar-refractivity contribution < 1.29 is 19.5 Å². The number of amides is 3. The molecule has 1 aliphatic rings. The Morgan fingerprint density at radius 2 is 1.83 bits per heavy atom. The predicted molar refractivity (Wildman–Crippen MR) is 83.3 cm³/mol. The molecule has 116 valence electrons. The molecule has 2 aromatic carbocycles. The summed E-state index contributed by atoms with van der Waals surface area (Å²) in [4.78, 5) is 37.5. The van der Waals surface area contributed by atoms with Gasteiger partial charge in [0.2, 0.25) is 5.91 Å². The van der Waals surface area contributed by atoms with Crippen molar-refractivity contribution in [2.45, 2.75) is 6.92 Å². The number of rotatable bonds is 3. The molecule has 0 spiro atoms. The molecular weight excluding hydrogens is 296 g/mol. The Balaban J connectivity index is 1.75. The third kappa shape index (κ3) is 2.78. The largest absolute Gasteiger partial charge is 0.508 e. The zero-order chi connectivity index (χ0) is 16.6. The number of benzene rings is 2. The van der Waals surface area contributed by atoms with Crippen molar-refractivity contribution in [2.24, 2.45) is 0 Å². The third-order valence-corrected chi connectivity index (χ3v) is 3.56. The van der Waals surface area contributed by atoms with Crippen LogP contribution in [-0.2, 0) is 4.79 Å². The summed E-state index contributed by atoms with van der Waals surface area (Å²) in [5, 5.41) is 11.9. The van der Waals surface area contributed by atoms with E-state index in [1.807, 2.05) is 6.92 Å². The number of hydrogen-bond donors (Lipinski definition) is 2. The molecule has 0 unspecified atom stereocenters. The van der Waals surface area contributed by atoms with Gasteiger partial charge in [0, 0.05) is 11.8 Å². The fourth-order valence-electron chi connectivity index (χ4n) is 2.48. The first-order valence-electron chi connectivity index (χ1n) is 7.01. The maximum absolute atomic E-state index is 12.3. The van der Waals surface area contributed by atoms with Crippen LogP contribution in [-0.4, -0.2) is 34.3 Å². The topological polar surface area (TPSA) is 86.7 Å². The van der Waals surface area contributed by atoms with Gasteiger partial charge in [-0.1, -0.05) is 17.7 Å². The highest BCUT2D eigenvalue weighted by Crippen LogP contribution is 2.24. The zero-order valence-corrected chi connectivity index (χ0v) is 12.4. The minimum absolute atomic E-state index is 0.0130. The number of phenolic OH excluding ortho intramolecular Hbond substituents is 1. The maximum atomic E-state index is 12.3. The summed E-state index contributed by atoms with van der Waals surface area (Å²) in [5.74, 6) is -1.45. The van der Waals surface area contributed by atoms with E-state index in [1.165, 1.54) is 12.1 Å². The van der Waals surface area contributed by atoms with E-state index < -0.39 is 17.7 Å². The number of carbonyl (C=O) groups is 3. The highest BCUT2D eigenvalue weighted by atomic mass is 16.3. The van der Waals surface area contributed by atoms with Crippen LogP contribution in [0.5, 0.6) is 5.75 Å². The number of aromatic hydroxyl groups is 1. The van der Waals surface area contributed by atoms with Crippen LogP contribution in [0.2, 0.25) is 0 Å². The van der Waals surface area contributed by atoms with Gasteiger partial charge in [-0.3, -0.25) is 19.3 Å². The molecule has 3 rings (SSSR count). The summed E-state index contributed by atoms with van der Waals surface area (Å²) in [6.07, 6.45) is 0. The summed E-state index contributed by atoms with van der Waals surface area (Å²) < 4.78 is 0. The van der Waals surface area contributed by atoms with E-state index in [9.17, 15) is 19.5 Å². The van der Waals surface area contributed by atoms with Crippen LogP contribution in [0.1, 0.15) is 26.3 Å². The molecule has 0 atom stereocenters. The van der Waals surface area contributed by atoms with Crippen LogP contribution in [0.15, 0.2) is 42.5 Å². The molecule has 1 aliphatic heterocycles. The van der Waals surface area contributed by atoms with Crippen LogP contribution < -0.4 is 5.32 Å². The molecule has 23 heavy (non-hydrogen) atoms. The Kier molecular flexibility index (Phi) is 3.57. The highest BCUT2D eigenvalue weighted by molar-refractivity contribution is 6.22. The predicted octanol–water partition coefficient (Wildman–Crippen LogP) is 1.94. The number of imide groups is 1. The van der Waals surface area contributed by atoms with E-state index >= 15 is 0 Å². The number of nitrogens with zero attached hydrogens (tertiary/aromatic N) is 1.